The number of rotatable bonds is 1. The van der Waals surface area contributed by atoms with Crippen molar-refractivity contribution in [3.63, 3.8) is 0 Å². The molecule has 0 aromatic heterocycles. The molecule has 4 aliphatic carbocycles. The molecular weight excluding hydrogens is 392 g/mol. The predicted octanol–water partition coefficient (Wildman–Crippen LogP) is -0.290. The number of ether oxygens (including phenoxy) is 1. The zero-order valence-electron chi connectivity index (χ0n) is 18.4. The van der Waals surface area contributed by atoms with Crippen molar-refractivity contribution in [1.29, 1.82) is 0 Å². The predicted molar refractivity (Wildman–Crippen MR) is 105 cm³/mol. The van der Waals surface area contributed by atoms with Crippen LogP contribution in [0.2, 0.25) is 0 Å². The molecule has 8 heteroatoms. The summed E-state index contributed by atoms with van der Waals surface area (Å²) in [6.07, 6.45) is -3.76. The van der Waals surface area contributed by atoms with Crippen molar-refractivity contribution >= 4 is 5.97 Å². The van der Waals surface area contributed by atoms with Crippen LogP contribution in [-0.2, 0) is 9.53 Å². The van der Waals surface area contributed by atoms with E-state index in [2.05, 4.69) is 0 Å². The Morgan fingerprint density at radius 3 is 2.13 bits per heavy atom. The maximum atomic E-state index is 12.1. The maximum absolute atomic E-state index is 12.1. The summed E-state index contributed by atoms with van der Waals surface area (Å²) in [5.74, 6) is -2.81. The minimum atomic E-state index is -1.95. The van der Waals surface area contributed by atoms with E-state index in [9.17, 15) is 35.4 Å². The number of esters is 1. The summed E-state index contributed by atoms with van der Waals surface area (Å²) < 4.78 is 5.61. The van der Waals surface area contributed by atoms with E-state index in [1.807, 2.05) is 0 Å². The number of hydrogen-bond donors (Lipinski definition) is 6. The average Bonchev–Trinajstić information content (AvgIpc) is 2.77. The van der Waals surface area contributed by atoms with Crippen LogP contribution in [0.1, 0.15) is 60.3 Å². The van der Waals surface area contributed by atoms with Gasteiger partial charge in [0.1, 0.15) is 11.7 Å². The van der Waals surface area contributed by atoms with E-state index in [0.717, 1.165) is 0 Å². The minimum absolute atomic E-state index is 0.0249. The lowest BCUT2D eigenvalue weighted by molar-refractivity contribution is -0.218. The van der Waals surface area contributed by atoms with Crippen LogP contribution in [0.4, 0.5) is 0 Å². The molecule has 0 saturated heterocycles. The van der Waals surface area contributed by atoms with Crippen LogP contribution in [0.3, 0.4) is 0 Å². The van der Waals surface area contributed by atoms with Crippen LogP contribution in [-0.4, -0.2) is 77.8 Å². The summed E-state index contributed by atoms with van der Waals surface area (Å²) in [6.45, 7) is 7.60. The molecule has 172 valence electrons. The third-order valence-electron chi connectivity index (χ3n) is 9.53. The second-order valence-electron chi connectivity index (χ2n) is 11.4. The molecule has 0 amide bonds. The summed E-state index contributed by atoms with van der Waals surface area (Å²) in [7, 11) is 0. The molecule has 11 unspecified atom stereocenters. The molecular formula is C22H36O8. The van der Waals surface area contributed by atoms with Gasteiger partial charge in [-0.3, -0.25) is 4.79 Å². The summed E-state index contributed by atoms with van der Waals surface area (Å²) in [5.41, 5.74) is -7.12. The summed E-state index contributed by atoms with van der Waals surface area (Å²) in [4.78, 5) is 12.0. The van der Waals surface area contributed by atoms with Gasteiger partial charge < -0.3 is 35.4 Å². The molecule has 30 heavy (non-hydrogen) atoms. The fourth-order valence-corrected chi connectivity index (χ4v) is 8.25. The molecule has 0 heterocycles. The molecule has 4 rings (SSSR count). The highest BCUT2D eigenvalue weighted by Crippen LogP contribution is 2.70. The van der Waals surface area contributed by atoms with E-state index >= 15 is 0 Å². The first-order chi connectivity index (χ1) is 13.5. The monoisotopic (exact) mass is 428 g/mol. The van der Waals surface area contributed by atoms with E-state index in [1.165, 1.54) is 13.8 Å². The van der Waals surface area contributed by atoms with Crippen molar-refractivity contribution in [2.45, 2.75) is 102 Å². The third kappa shape index (κ3) is 2.41. The molecule has 11 atom stereocenters. The fourth-order valence-electron chi connectivity index (χ4n) is 8.25. The SMILES string of the molecule is CC(=O)OC1CC23CC(C)(O)C(CCC2C(C)(O)C2C(O)C(O)C(C)(C)C12O)C3O. The van der Waals surface area contributed by atoms with Crippen LogP contribution in [0.25, 0.3) is 0 Å². The second kappa shape index (κ2) is 6.17. The van der Waals surface area contributed by atoms with Gasteiger partial charge in [-0.05, 0) is 45.4 Å². The first kappa shape index (κ1) is 22.4. The molecule has 2 bridgehead atoms. The van der Waals surface area contributed by atoms with E-state index in [0.29, 0.717) is 12.8 Å². The normalized spacial score (nSPS) is 59.2. The van der Waals surface area contributed by atoms with Crippen LogP contribution < -0.4 is 0 Å². The fraction of sp³-hybridized carbons (Fsp3) is 0.955. The lowest BCUT2D eigenvalue weighted by Crippen LogP contribution is -2.62. The lowest BCUT2D eigenvalue weighted by atomic mass is 9.57. The molecule has 0 aromatic carbocycles. The van der Waals surface area contributed by atoms with Gasteiger partial charge in [-0.2, -0.15) is 0 Å². The van der Waals surface area contributed by atoms with Gasteiger partial charge in [-0.25, -0.2) is 0 Å². The standard InChI is InChI=1S/C22H36O8/c1-10(23)30-13-8-21-9-19(4,27)11(16(21)25)6-7-12(21)20(5,28)15-14(24)17(26)18(2,3)22(13,15)29/h11-17,24-29H,6-9H2,1-5H3. The van der Waals surface area contributed by atoms with Gasteiger partial charge in [0.05, 0.1) is 29.5 Å². The number of carbonyl (C=O) groups is 1. The molecule has 0 aromatic rings. The van der Waals surface area contributed by atoms with E-state index in [-0.39, 0.29) is 12.8 Å². The Kier molecular flexibility index (Phi) is 4.61. The van der Waals surface area contributed by atoms with Gasteiger partial charge in [0.25, 0.3) is 0 Å². The molecule has 0 aliphatic heterocycles. The van der Waals surface area contributed by atoms with Crippen molar-refractivity contribution in [1.82, 2.24) is 0 Å². The van der Waals surface area contributed by atoms with Crippen molar-refractivity contribution in [3.8, 4) is 0 Å². The van der Waals surface area contributed by atoms with Crippen molar-refractivity contribution in [2.24, 2.45) is 28.6 Å². The maximum Gasteiger partial charge on any atom is 0.303 e. The molecule has 4 fully saturated rings. The molecule has 6 N–H and O–H groups in total. The first-order valence-electron chi connectivity index (χ1n) is 10.9. The van der Waals surface area contributed by atoms with Gasteiger partial charge in [0.2, 0.25) is 0 Å². The molecule has 4 saturated carbocycles. The summed E-state index contributed by atoms with van der Waals surface area (Å²) in [5, 5.41) is 68.2. The molecule has 4 aliphatic rings. The van der Waals surface area contributed by atoms with E-state index in [4.69, 9.17) is 4.74 Å². The smallest absolute Gasteiger partial charge is 0.303 e. The topological polar surface area (TPSA) is 148 Å². The van der Waals surface area contributed by atoms with E-state index in [1.54, 1.807) is 20.8 Å². The Hall–Kier alpha value is -0.770. The highest BCUT2D eigenvalue weighted by Gasteiger charge is 2.79. The first-order valence-corrected chi connectivity index (χ1v) is 10.9. The van der Waals surface area contributed by atoms with Gasteiger partial charge >= 0.3 is 5.97 Å². The minimum Gasteiger partial charge on any atom is -0.459 e. The zero-order valence-corrected chi connectivity index (χ0v) is 18.4. The van der Waals surface area contributed by atoms with Crippen LogP contribution in [0, 0.1) is 28.6 Å². The summed E-state index contributed by atoms with van der Waals surface area (Å²) in [6, 6.07) is 0. The van der Waals surface area contributed by atoms with Gasteiger partial charge in [0, 0.05) is 29.6 Å². The Morgan fingerprint density at radius 1 is 0.967 bits per heavy atom. The lowest BCUT2D eigenvalue weighted by Gasteiger charge is -2.51. The average molecular weight is 429 g/mol. The van der Waals surface area contributed by atoms with Gasteiger partial charge in [0.15, 0.2) is 0 Å². The van der Waals surface area contributed by atoms with E-state index < -0.39 is 75.8 Å². The second-order valence-corrected chi connectivity index (χ2v) is 11.4. The number of carbonyl (C=O) groups excluding carboxylic acids is 1. The van der Waals surface area contributed by atoms with Crippen LogP contribution in [0.15, 0.2) is 0 Å². The van der Waals surface area contributed by atoms with Crippen molar-refractivity contribution < 1.29 is 40.2 Å². The van der Waals surface area contributed by atoms with Gasteiger partial charge in [-0.15, -0.1) is 0 Å². The Labute approximate surface area is 176 Å². The highest BCUT2D eigenvalue weighted by molar-refractivity contribution is 5.66. The van der Waals surface area contributed by atoms with Gasteiger partial charge in [-0.1, -0.05) is 13.8 Å². The third-order valence-corrected chi connectivity index (χ3v) is 9.53. The van der Waals surface area contributed by atoms with Crippen molar-refractivity contribution in [3.05, 3.63) is 0 Å². The Morgan fingerprint density at radius 2 is 1.57 bits per heavy atom. The highest BCUT2D eigenvalue weighted by atomic mass is 16.6. The quantitative estimate of drug-likeness (QED) is 0.312. The van der Waals surface area contributed by atoms with Crippen LogP contribution in [0.5, 0.6) is 0 Å². The van der Waals surface area contributed by atoms with Crippen LogP contribution >= 0.6 is 0 Å². The number of aliphatic hydroxyl groups excluding tert-OH is 3. The largest absolute Gasteiger partial charge is 0.459 e. The zero-order chi connectivity index (χ0) is 22.7. The molecule has 1 spiro atoms. The molecule has 8 nitrogen and oxygen atoms in total. The molecule has 0 radical (unpaired) electrons. The summed E-state index contributed by atoms with van der Waals surface area (Å²) >= 11 is 0. The Balaban J connectivity index is 1.96. The Bertz CT molecular complexity index is 747. The number of hydrogen-bond acceptors (Lipinski definition) is 8. The number of fused-ring (bicyclic) bond motifs is 2. The number of aliphatic hydroxyl groups is 6. The van der Waals surface area contributed by atoms with Crippen molar-refractivity contribution in [2.75, 3.05) is 0 Å².